The number of aromatic nitrogens is 2. The van der Waals surface area contributed by atoms with Gasteiger partial charge in [0.15, 0.2) is 0 Å². The molecule has 0 aliphatic carbocycles. The predicted molar refractivity (Wildman–Crippen MR) is 67.0 cm³/mol. The third kappa shape index (κ3) is 2.20. The molecule has 18 heavy (non-hydrogen) atoms. The van der Waals surface area contributed by atoms with Gasteiger partial charge in [-0.25, -0.2) is 9.59 Å². The van der Waals surface area contributed by atoms with E-state index >= 15 is 0 Å². The molecule has 0 saturated heterocycles. The van der Waals surface area contributed by atoms with Crippen LogP contribution in [0.1, 0.15) is 27.3 Å². The summed E-state index contributed by atoms with van der Waals surface area (Å²) >= 11 is 0. The van der Waals surface area contributed by atoms with Crippen LogP contribution in [0.15, 0.2) is 29.1 Å². The lowest BCUT2D eigenvalue weighted by molar-refractivity contribution is 0.0689. The number of imidazole rings is 1. The van der Waals surface area contributed by atoms with Crippen LogP contribution in [0.2, 0.25) is 0 Å². The summed E-state index contributed by atoms with van der Waals surface area (Å²) < 4.78 is 1.34. The molecule has 0 saturated carbocycles. The number of H-pyrrole nitrogens is 1. The second-order valence-electron chi connectivity index (χ2n) is 4.28. The van der Waals surface area contributed by atoms with Gasteiger partial charge in [-0.15, -0.1) is 0 Å². The maximum Gasteiger partial charge on any atom is 0.354 e. The largest absolute Gasteiger partial charge is 0.477 e. The Bertz CT molecular complexity index is 635. The number of carboxylic acid groups (broad SMARTS) is 1. The lowest BCUT2D eigenvalue weighted by Gasteiger charge is -2.04. The number of aryl methyl sites for hydroxylation is 1. The van der Waals surface area contributed by atoms with E-state index in [0.29, 0.717) is 12.1 Å². The fraction of sp³-hybridized carbons (Fsp3) is 0.231. The Balaban J connectivity index is 2.42. The van der Waals surface area contributed by atoms with Gasteiger partial charge in [0.25, 0.3) is 0 Å². The van der Waals surface area contributed by atoms with Gasteiger partial charge in [-0.05, 0) is 12.5 Å². The first-order chi connectivity index (χ1) is 8.49. The van der Waals surface area contributed by atoms with Crippen LogP contribution in [0.4, 0.5) is 0 Å². The van der Waals surface area contributed by atoms with E-state index in [1.807, 2.05) is 31.2 Å². The molecule has 0 fully saturated rings. The van der Waals surface area contributed by atoms with Crippen molar-refractivity contribution in [2.24, 2.45) is 7.05 Å². The van der Waals surface area contributed by atoms with Crippen LogP contribution in [0.3, 0.4) is 0 Å². The Morgan fingerprint density at radius 2 is 1.94 bits per heavy atom. The van der Waals surface area contributed by atoms with Crippen LogP contribution in [-0.2, 0) is 13.5 Å². The number of hydrogen-bond donors (Lipinski definition) is 2. The maximum absolute atomic E-state index is 11.5. The third-order valence-electron chi connectivity index (χ3n) is 2.94. The number of hydrogen-bond acceptors (Lipinski definition) is 2. The lowest BCUT2D eigenvalue weighted by atomic mass is 10.1. The van der Waals surface area contributed by atoms with Crippen LogP contribution in [0.5, 0.6) is 0 Å². The molecule has 0 atom stereocenters. The maximum atomic E-state index is 11.5. The summed E-state index contributed by atoms with van der Waals surface area (Å²) in [5, 5.41) is 9.04. The first-order valence-corrected chi connectivity index (χ1v) is 5.55. The summed E-state index contributed by atoms with van der Waals surface area (Å²) in [6.45, 7) is 1.98. The van der Waals surface area contributed by atoms with Crippen molar-refractivity contribution in [2.75, 3.05) is 0 Å². The summed E-state index contributed by atoms with van der Waals surface area (Å²) in [6.07, 6.45) is 0.414. The zero-order valence-corrected chi connectivity index (χ0v) is 10.2. The second kappa shape index (κ2) is 4.52. The zero-order valence-electron chi connectivity index (χ0n) is 10.2. The minimum atomic E-state index is -1.12. The van der Waals surface area contributed by atoms with Gasteiger partial charge < -0.3 is 5.11 Å². The van der Waals surface area contributed by atoms with Crippen molar-refractivity contribution in [1.82, 2.24) is 9.55 Å². The topological polar surface area (TPSA) is 75.1 Å². The molecule has 0 bridgehead atoms. The zero-order chi connectivity index (χ0) is 13.3. The van der Waals surface area contributed by atoms with Crippen molar-refractivity contribution in [3.05, 3.63) is 57.3 Å². The van der Waals surface area contributed by atoms with Gasteiger partial charge in [-0.1, -0.05) is 29.8 Å². The van der Waals surface area contributed by atoms with Crippen LogP contribution < -0.4 is 5.69 Å². The quantitative estimate of drug-likeness (QED) is 0.857. The Hall–Kier alpha value is -2.30. The van der Waals surface area contributed by atoms with E-state index in [1.54, 1.807) is 7.05 Å². The molecule has 0 aliphatic heterocycles. The van der Waals surface area contributed by atoms with Crippen LogP contribution in [-0.4, -0.2) is 20.6 Å². The fourth-order valence-electron chi connectivity index (χ4n) is 1.84. The molecular formula is C13H14N2O3. The van der Waals surface area contributed by atoms with Crippen molar-refractivity contribution in [1.29, 1.82) is 0 Å². The number of nitrogens with one attached hydrogen (secondary N) is 1. The summed E-state index contributed by atoms with van der Waals surface area (Å²) in [6, 6.07) is 7.78. The monoisotopic (exact) mass is 246 g/mol. The number of benzene rings is 1. The van der Waals surface area contributed by atoms with Gasteiger partial charge in [-0.2, -0.15) is 0 Å². The number of carbonyl (C=O) groups is 1. The van der Waals surface area contributed by atoms with Crippen molar-refractivity contribution >= 4 is 5.97 Å². The first kappa shape index (κ1) is 12.2. The molecule has 1 aromatic carbocycles. The van der Waals surface area contributed by atoms with Crippen LogP contribution in [0.25, 0.3) is 0 Å². The molecule has 0 amide bonds. The molecule has 1 aromatic heterocycles. The van der Waals surface area contributed by atoms with Crippen LogP contribution in [0, 0.1) is 6.92 Å². The van der Waals surface area contributed by atoms with E-state index in [-0.39, 0.29) is 5.69 Å². The van der Waals surface area contributed by atoms with E-state index in [9.17, 15) is 9.59 Å². The summed E-state index contributed by atoms with van der Waals surface area (Å²) in [5.74, 6) is -1.12. The molecule has 2 aromatic rings. The smallest absolute Gasteiger partial charge is 0.354 e. The third-order valence-corrected chi connectivity index (χ3v) is 2.94. The number of aromatic carboxylic acids is 1. The van der Waals surface area contributed by atoms with Gasteiger partial charge in [0.1, 0.15) is 5.69 Å². The number of aromatic amines is 1. The van der Waals surface area contributed by atoms with Crippen molar-refractivity contribution in [3.63, 3.8) is 0 Å². The SMILES string of the molecule is Cc1ccc(Cc2c(C(=O)O)[nH]c(=O)n2C)cc1. The van der Waals surface area contributed by atoms with Gasteiger partial charge in [-0.3, -0.25) is 9.55 Å². The average molecular weight is 246 g/mol. The van der Waals surface area contributed by atoms with Gasteiger partial charge in [0, 0.05) is 13.5 Å². The number of rotatable bonds is 3. The molecule has 94 valence electrons. The van der Waals surface area contributed by atoms with Crippen molar-refractivity contribution < 1.29 is 9.90 Å². The molecule has 0 spiro atoms. The van der Waals surface area contributed by atoms with Gasteiger partial charge in [0.2, 0.25) is 0 Å². The normalized spacial score (nSPS) is 10.6. The van der Waals surface area contributed by atoms with Gasteiger partial charge in [0.05, 0.1) is 5.69 Å². The van der Waals surface area contributed by atoms with Gasteiger partial charge >= 0.3 is 11.7 Å². The Morgan fingerprint density at radius 1 is 1.33 bits per heavy atom. The molecule has 1 heterocycles. The summed E-state index contributed by atoms with van der Waals surface area (Å²) in [7, 11) is 1.56. The Labute approximate surface area is 104 Å². The van der Waals surface area contributed by atoms with Crippen LogP contribution >= 0.6 is 0 Å². The summed E-state index contributed by atoms with van der Waals surface area (Å²) in [5.41, 5.74) is 2.15. The standard InChI is InChI=1S/C13H14N2O3/c1-8-3-5-9(6-4-8)7-10-11(12(16)17)14-13(18)15(10)2/h3-6H,7H2,1-2H3,(H,14,18)(H,16,17). The number of carboxylic acids is 1. The Morgan fingerprint density at radius 3 is 2.50 bits per heavy atom. The molecule has 0 radical (unpaired) electrons. The minimum absolute atomic E-state index is 0.0388. The Kier molecular flexibility index (Phi) is 3.06. The molecule has 0 unspecified atom stereocenters. The highest BCUT2D eigenvalue weighted by atomic mass is 16.4. The molecule has 0 aliphatic rings. The van der Waals surface area contributed by atoms with E-state index in [2.05, 4.69) is 4.98 Å². The highest BCUT2D eigenvalue weighted by Gasteiger charge is 2.17. The fourth-order valence-corrected chi connectivity index (χ4v) is 1.84. The average Bonchev–Trinajstić information content (AvgIpc) is 2.60. The van der Waals surface area contributed by atoms with Crippen molar-refractivity contribution in [3.8, 4) is 0 Å². The van der Waals surface area contributed by atoms with E-state index in [4.69, 9.17) is 5.11 Å². The van der Waals surface area contributed by atoms with E-state index in [0.717, 1.165) is 11.1 Å². The summed E-state index contributed by atoms with van der Waals surface area (Å²) in [4.78, 5) is 24.9. The predicted octanol–water partition coefficient (Wildman–Crippen LogP) is 1.31. The van der Waals surface area contributed by atoms with E-state index in [1.165, 1.54) is 4.57 Å². The van der Waals surface area contributed by atoms with Crippen molar-refractivity contribution in [2.45, 2.75) is 13.3 Å². The highest BCUT2D eigenvalue weighted by molar-refractivity contribution is 5.86. The lowest BCUT2D eigenvalue weighted by Crippen LogP contribution is -2.14. The first-order valence-electron chi connectivity index (χ1n) is 5.55. The second-order valence-corrected chi connectivity index (χ2v) is 4.28. The minimum Gasteiger partial charge on any atom is -0.477 e. The molecular weight excluding hydrogens is 232 g/mol. The highest BCUT2D eigenvalue weighted by Crippen LogP contribution is 2.12. The molecule has 2 N–H and O–H groups in total. The van der Waals surface area contributed by atoms with E-state index < -0.39 is 11.7 Å². The molecule has 5 heteroatoms. The number of nitrogens with zero attached hydrogens (tertiary/aromatic N) is 1. The molecule has 5 nitrogen and oxygen atoms in total. The molecule has 2 rings (SSSR count).